The molecule has 0 aromatic heterocycles. The summed E-state index contributed by atoms with van der Waals surface area (Å²) in [6.45, 7) is 7.01. The second kappa shape index (κ2) is 7.82. The van der Waals surface area contributed by atoms with Crippen molar-refractivity contribution < 1.29 is 9.59 Å². The molecule has 1 heterocycles. The van der Waals surface area contributed by atoms with Crippen molar-refractivity contribution in [1.82, 2.24) is 10.2 Å². The maximum absolute atomic E-state index is 12.1. The Morgan fingerprint density at radius 1 is 1.14 bits per heavy atom. The van der Waals surface area contributed by atoms with E-state index in [0.29, 0.717) is 13.1 Å². The zero-order valence-electron chi connectivity index (χ0n) is 13.4. The van der Waals surface area contributed by atoms with Crippen LogP contribution in [0.15, 0.2) is 30.3 Å². The van der Waals surface area contributed by atoms with Crippen molar-refractivity contribution in [1.29, 1.82) is 0 Å². The zero-order chi connectivity index (χ0) is 15.9. The second-order valence-corrected chi connectivity index (χ2v) is 5.73. The molecular weight excluding hydrogens is 278 g/mol. The number of carbonyl (C=O) groups excluding carboxylic acids is 2. The summed E-state index contributed by atoms with van der Waals surface area (Å²) in [5, 5.41) is 2.73. The Morgan fingerprint density at radius 2 is 1.77 bits per heavy atom. The summed E-state index contributed by atoms with van der Waals surface area (Å²) < 4.78 is 0. The molecule has 5 nitrogen and oxygen atoms in total. The summed E-state index contributed by atoms with van der Waals surface area (Å²) in [6.07, 6.45) is 0.787. The molecule has 0 radical (unpaired) electrons. The lowest BCUT2D eigenvalue weighted by molar-refractivity contribution is -0.134. The standard InChI is InChI=1S/C17H25N3O2/c1-3-14(2)17(22)18-13-16(21)20-11-9-19(10-12-20)15-7-5-4-6-8-15/h4-8,14H,3,9-13H2,1-2H3,(H,18,22)/t14-/m0/s1. The number of hydrogen-bond acceptors (Lipinski definition) is 3. The van der Waals surface area contributed by atoms with Crippen LogP contribution in [0.1, 0.15) is 20.3 Å². The molecule has 1 aromatic rings. The summed E-state index contributed by atoms with van der Waals surface area (Å²) in [5.41, 5.74) is 1.19. The molecule has 22 heavy (non-hydrogen) atoms. The lowest BCUT2D eigenvalue weighted by atomic mass is 10.1. The highest BCUT2D eigenvalue weighted by molar-refractivity contribution is 5.85. The number of carbonyl (C=O) groups is 2. The average molecular weight is 303 g/mol. The number of nitrogens with one attached hydrogen (secondary N) is 1. The fraction of sp³-hybridized carbons (Fsp3) is 0.529. The van der Waals surface area contributed by atoms with Gasteiger partial charge in [-0.1, -0.05) is 32.0 Å². The van der Waals surface area contributed by atoms with Crippen LogP contribution in [-0.4, -0.2) is 49.4 Å². The number of nitrogens with zero attached hydrogens (tertiary/aromatic N) is 2. The summed E-state index contributed by atoms with van der Waals surface area (Å²) in [7, 11) is 0. The number of anilines is 1. The number of benzene rings is 1. The van der Waals surface area contributed by atoms with E-state index in [4.69, 9.17) is 0 Å². The first kappa shape index (κ1) is 16.3. The highest BCUT2D eigenvalue weighted by Gasteiger charge is 2.21. The quantitative estimate of drug-likeness (QED) is 0.897. The van der Waals surface area contributed by atoms with Gasteiger partial charge in [-0.3, -0.25) is 9.59 Å². The van der Waals surface area contributed by atoms with E-state index in [1.807, 2.05) is 36.9 Å². The van der Waals surface area contributed by atoms with Crippen LogP contribution < -0.4 is 10.2 Å². The first-order chi connectivity index (χ1) is 10.6. The van der Waals surface area contributed by atoms with E-state index in [2.05, 4.69) is 22.3 Å². The third kappa shape index (κ3) is 4.23. The van der Waals surface area contributed by atoms with Gasteiger partial charge in [-0.2, -0.15) is 0 Å². The molecule has 2 rings (SSSR count). The van der Waals surface area contributed by atoms with Gasteiger partial charge < -0.3 is 15.1 Å². The minimum atomic E-state index is -0.0428. The summed E-state index contributed by atoms with van der Waals surface area (Å²) in [4.78, 5) is 28.0. The summed E-state index contributed by atoms with van der Waals surface area (Å²) in [5.74, 6) is -0.0779. The molecule has 0 unspecified atom stereocenters. The van der Waals surface area contributed by atoms with Gasteiger partial charge in [0.15, 0.2) is 0 Å². The first-order valence-electron chi connectivity index (χ1n) is 7.97. The number of rotatable bonds is 5. The van der Waals surface area contributed by atoms with Gasteiger partial charge in [0.1, 0.15) is 0 Å². The number of para-hydroxylation sites is 1. The molecule has 1 atom stereocenters. The topological polar surface area (TPSA) is 52.7 Å². The Morgan fingerprint density at radius 3 is 2.36 bits per heavy atom. The predicted molar refractivity (Wildman–Crippen MR) is 87.7 cm³/mol. The van der Waals surface area contributed by atoms with Gasteiger partial charge in [0.25, 0.3) is 0 Å². The molecule has 1 aliphatic heterocycles. The third-order valence-electron chi connectivity index (χ3n) is 4.23. The van der Waals surface area contributed by atoms with Crippen LogP contribution in [0.3, 0.4) is 0 Å². The molecular formula is C17H25N3O2. The summed E-state index contributed by atoms with van der Waals surface area (Å²) in [6, 6.07) is 10.2. The average Bonchev–Trinajstić information content (AvgIpc) is 2.59. The van der Waals surface area contributed by atoms with Crippen molar-refractivity contribution in [2.24, 2.45) is 5.92 Å². The van der Waals surface area contributed by atoms with Crippen LogP contribution in [-0.2, 0) is 9.59 Å². The van der Waals surface area contributed by atoms with Gasteiger partial charge in [-0.25, -0.2) is 0 Å². The Hall–Kier alpha value is -2.04. The zero-order valence-corrected chi connectivity index (χ0v) is 13.4. The lowest BCUT2D eigenvalue weighted by Crippen LogP contribution is -2.51. The predicted octanol–water partition coefficient (Wildman–Crippen LogP) is 1.50. The Bertz CT molecular complexity index is 496. The van der Waals surface area contributed by atoms with E-state index in [1.165, 1.54) is 5.69 Å². The largest absolute Gasteiger partial charge is 0.368 e. The molecule has 0 aliphatic carbocycles. The van der Waals surface area contributed by atoms with Crippen LogP contribution in [0, 0.1) is 5.92 Å². The van der Waals surface area contributed by atoms with Crippen molar-refractivity contribution in [2.45, 2.75) is 20.3 Å². The number of piperazine rings is 1. The van der Waals surface area contributed by atoms with Gasteiger partial charge in [-0.15, -0.1) is 0 Å². The fourth-order valence-electron chi connectivity index (χ4n) is 2.49. The van der Waals surface area contributed by atoms with Crippen molar-refractivity contribution in [3.63, 3.8) is 0 Å². The van der Waals surface area contributed by atoms with Crippen molar-refractivity contribution in [3.8, 4) is 0 Å². The van der Waals surface area contributed by atoms with E-state index >= 15 is 0 Å². The molecule has 0 spiro atoms. The van der Waals surface area contributed by atoms with Gasteiger partial charge in [0.2, 0.25) is 11.8 Å². The van der Waals surface area contributed by atoms with Gasteiger partial charge in [0.05, 0.1) is 6.54 Å². The van der Waals surface area contributed by atoms with Crippen LogP contribution in [0.25, 0.3) is 0 Å². The molecule has 1 N–H and O–H groups in total. The maximum Gasteiger partial charge on any atom is 0.242 e. The highest BCUT2D eigenvalue weighted by Crippen LogP contribution is 2.15. The molecule has 1 saturated heterocycles. The fourth-order valence-corrected chi connectivity index (χ4v) is 2.49. The van der Waals surface area contributed by atoms with Gasteiger partial charge in [-0.05, 0) is 18.6 Å². The molecule has 1 aromatic carbocycles. The normalized spacial score (nSPS) is 16.3. The van der Waals surface area contributed by atoms with Crippen molar-refractivity contribution in [3.05, 3.63) is 30.3 Å². The molecule has 1 aliphatic rings. The third-order valence-corrected chi connectivity index (χ3v) is 4.23. The minimum Gasteiger partial charge on any atom is -0.368 e. The van der Waals surface area contributed by atoms with Crippen LogP contribution in [0.4, 0.5) is 5.69 Å². The maximum atomic E-state index is 12.1. The molecule has 1 fully saturated rings. The second-order valence-electron chi connectivity index (χ2n) is 5.73. The number of amides is 2. The molecule has 0 bridgehead atoms. The monoisotopic (exact) mass is 303 g/mol. The molecule has 2 amide bonds. The van der Waals surface area contributed by atoms with E-state index in [1.54, 1.807) is 0 Å². The number of hydrogen-bond donors (Lipinski definition) is 1. The van der Waals surface area contributed by atoms with E-state index in [-0.39, 0.29) is 24.3 Å². The van der Waals surface area contributed by atoms with Gasteiger partial charge in [0, 0.05) is 37.8 Å². The molecule has 120 valence electrons. The smallest absolute Gasteiger partial charge is 0.242 e. The Labute approximate surface area is 132 Å². The van der Waals surface area contributed by atoms with E-state index in [0.717, 1.165) is 19.5 Å². The van der Waals surface area contributed by atoms with Crippen molar-refractivity contribution in [2.75, 3.05) is 37.6 Å². The van der Waals surface area contributed by atoms with E-state index in [9.17, 15) is 9.59 Å². The highest BCUT2D eigenvalue weighted by atomic mass is 16.2. The SMILES string of the molecule is CC[C@H](C)C(=O)NCC(=O)N1CCN(c2ccccc2)CC1. The van der Waals surface area contributed by atoms with E-state index < -0.39 is 0 Å². The van der Waals surface area contributed by atoms with Crippen LogP contribution in [0.2, 0.25) is 0 Å². The van der Waals surface area contributed by atoms with Crippen LogP contribution in [0.5, 0.6) is 0 Å². The molecule has 0 saturated carbocycles. The Kier molecular flexibility index (Phi) is 5.81. The first-order valence-corrected chi connectivity index (χ1v) is 7.97. The van der Waals surface area contributed by atoms with Gasteiger partial charge >= 0.3 is 0 Å². The lowest BCUT2D eigenvalue weighted by Gasteiger charge is -2.36. The Balaban J connectivity index is 1.77. The van der Waals surface area contributed by atoms with Crippen LogP contribution >= 0.6 is 0 Å². The molecule has 5 heteroatoms. The summed E-state index contributed by atoms with van der Waals surface area (Å²) >= 11 is 0. The van der Waals surface area contributed by atoms with Crippen molar-refractivity contribution >= 4 is 17.5 Å². The minimum absolute atomic E-state index is 0.00404.